The van der Waals surface area contributed by atoms with Crippen molar-refractivity contribution < 1.29 is 9.53 Å². The Morgan fingerprint density at radius 2 is 1.81 bits per heavy atom. The van der Waals surface area contributed by atoms with Crippen LogP contribution < -0.4 is 0 Å². The normalized spacial score (nSPS) is 20.4. The molecule has 1 heterocycles. The lowest BCUT2D eigenvalue weighted by atomic mass is 9.90. The van der Waals surface area contributed by atoms with E-state index in [1.54, 1.807) is 12.1 Å². The Labute approximate surface area is 160 Å². The van der Waals surface area contributed by atoms with Gasteiger partial charge in [-0.2, -0.15) is 0 Å². The van der Waals surface area contributed by atoms with Crippen molar-refractivity contribution in [2.24, 2.45) is 0 Å². The van der Waals surface area contributed by atoms with E-state index in [0.29, 0.717) is 17.2 Å². The second-order valence-corrected chi connectivity index (χ2v) is 7.94. The summed E-state index contributed by atoms with van der Waals surface area (Å²) in [6.45, 7) is 6.92. The predicted octanol–water partition coefficient (Wildman–Crippen LogP) is 5.50. The highest BCUT2D eigenvalue weighted by atomic mass is 35.5. The first-order valence-corrected chi connectivity index (χ1v) is 9.53. The van der Waals surface area contributed by atoms with Gasteiger partial charge in [0.15, 0.2) is 0 Å². The molecule has 0 spiro atoms. The van der Waals surface area contributed by atoms with Crippen LogP contribution in [0.15, 0.2) is 54.6 Å². The average Bonchev–Trinajstić information content (AvgIpc) is 2.62. The Balaban J connectivity index is 1.98. The van der Waals surface area contributed by atoms with E-state index in [9.17, 15) is 4.79 Å². The van der Waals surface area contributed by atoms with Gasteiger partial charge in [-0.3, -0.25) is 4.79 Å². The van der Waals surface area contributed by atoms with E-state index in [0.717, 1.165) is 18.4 Å². The van der Waals surface area contributed by atoms with Crippen molar-refractivity contribution in [1.29, 1.82) is 0 Å². The van der Waals surface area contributed by atoms with Crippen LogP contribution in [0.4, 0.5) is 0 Å². The van der Waals surface area contributed by atoms with Crippen molar-refractivity contribution in [2.45, 2.75) is 51.3 Å². The van der Waals surface area contributed by atoms with Crippen molar-refractivity contribution >= 4 is 17.5 Å². The fourth-order valence-corrected chi connectivity index (χ4v) is 3.98. The first kappa shape index (κ1) is 18.9. The molecule has 26 heavy (non-hydrogen) atoms. The lowest BCUT2D eigenvalue weighted by Gasteiger charge is -2.44. The van der Waals surface area contributed by atoms with Crippen LogP contribution in [-0.4, -0.2) is 29.1 Å². The predicted molar refractivity (Wildman–Crippen MR) is 106 cm³/mol. The van der Waals surface area contributed by atoms with Crippen molar-refractivity contribution in [3.8, 4) is 0 Å². The minimum atomic E-state index is -0.238. The number of carbonyl (C=O) groups excluding carboxylic acids is 1. The van der Waals surface area contributed by atoms with Gasteiger partial charge in [0.2, 0.25) is 0 Å². The van der Waals surface area contributed by atoms with Crippen molar-refractivity contribution in [2.75, 3.05) is 6.61 Å². The second kappa shape index (κ2) is 7.81. The maximum absolute atomic E-state index is 13.5. The fourth-order valence-electron chi connectivity index (χ4n) is 3.76. The van der Waals surface area contributed by atoms with Crippen molar-refractivity contribution in [3.05, 3.63) is 70.7 Å². The molecule has 1 aliphatic heterocycles. The van der Waals surface area contributed by atoms with E-state index in [-0.39, 0.29) is 23.6 Å². The summed E-state index contributed by atoms with van der Waals surface area (Å²) in [5.41, 5.74) is 1.44. The Morgan fingerprint density at radius 1 is 1.15 bits per heavy atom. The summed E-state index contributed by atoms with van der Waals surface area (Å²) in [6, 6.07) is 17.5. The maximum Gasteiger partial charge on any atom is 0.256 e. The molecule has 0 radical (unpaired) electrons. The van der Waals surface area contributed by atoms with Crippen LogP contribution in [0.25, 0.3) is 0 Å². The topological polar surface area (TPSA) is 29.5 Å². The molecule has 2 aromatic rings. The second-order valence-electron chi connectivity index (χ2n) is 7.53. The molecule has 1 saturated heterocycles. The van der Waals surface area contributed by atoms with Crippen LogP contribution in [0.3, 0.4) is 0 Å². The monoisotopic (exact) mass is 371 g/mol. The molecule has 2 unspecified atom stereocenters. The molecular weight excluding hydrogens is 346 g/mol. The Kier molecular flexibility index (Phi) is 5.69. The summed E-state index contributed by atoms with van der Waals surface area (Å²) in [5, 5.41) is 0.495. The number of ether oxygens (including phenoxy) is 1. The van der Waals surface area contributed by atoms with Gasteiger partial charge in [-0.25, -0.2) is 0 Å². The molecule has 3 rings (SSSR count). The van der Waals surface area contributed by atoms with Crippen LogP contribution in [0.1, 0.15) is 55.6 Å². The van der Waals surface area contributed by atoms with E-state index in [4.69, 9.17) is 16.3 Å². The minimum absolute atomic E-state index is 0.0188. The number of carbonyl (C=O) groups is 1. The zero-order valence-electron chi connectivity index (χ0n) is 15.6. The lowest BCUT2D eigenvalue weighted by molar-refractivity contribution is -0.0823. The van der Waals surface area contributed by atoms with Gasteiger partial charge in [0.25, 0.3) is 5.91 Å². The molecular formula is C22H26ClNO2. The number of halogens is 1. The zero-order chi connectivity index (χ0) is 18.7. The van der Waals surface area contributed by atoms with Gasteiger partial charge in [-0.1, -0.05) is 54.1 Å². The standard InChI is InChI=1S/C22H26ClNO2/c1-16(17-9-5-4-6-10-17)24(18-13-14-26-22(2,3)15-18)21(25)19-11-7-8-12-20(19)23/h4-12,16,18H,13-15H2,1-3H3. The SMILES string of the molecule is CC(c1ccccc1)N(C(=O)c1ccccc1Cl)C1CCOC(C)(C)C1. The average molecular weight is 372 g/mol. The van der Waals surface area contributed by atoms with Crippen LogP contribution in [0.5, 0.6) is 0 Å². The molecule has 0 aliphatic carbocycles. The third kappa shape index (κ3) is 4.11. The Bertz CT molecular complexity index is 760. The van der Waals surface area contributed by atoms with E-state index >= 15 is 0 Å². The number of hydrogen-bond donors (Lipinski definition) is 0. The summed E-state index contributed by atoms with van der Waals surface area (Å²) >= 11 is 6.34. The van der Waals surface area contributed by atoms with Crippen LogP contribution in [-0.2, 0) is 4.74 Å². The molecule has 1 fully saturated rings. The molecule has 1 aliphatic rings. The van der Waals surface area contributed by atoms with Gasteiger partial charge >= 0.3 is 0 Å². The van der Waals surface area contributed by atoms with Crippen LogP contribution in [0, 0.1) is 0 Å². The van der Waals surface area contributed by atoms with Gasteiger partial charge in [0.1, 0.15) is 0 Å². The van der Waals surface area contributed by atoms with E-state index in [1.165, 1.54) is 0 Å². The summed E-state index contributed by atoms with van der Waals surface area (Å²) in [5.74, 6) is -0.0188. The van der Waals surface area contributed by atoms with Crippen LogP contribution >= 0.6 is 11.6 Å². The smallest absolute Gasteiger partial charge is 0.256 e. The highest BCUT2D eigenvalue weighted by Gasteiger charge is 2.37. The summed E-state index contributed by atoms with van der Waals surface area (Å²) in [6.07, 6.45) is 1.64. The number of rotatable bonds is 4. The van der Waals surface area contributed by atoms with Gasteiger partial charge in [0.05, 0.1) is 22.2 Å². The Hall–Kier alpha value is -1.84. The van der Waals surface area contributed by atoms with Gasteiger partial charge in [0, 0.05) is 12.6 Å². The molecule has 2 atom stereocenters. The summed E-state index contributed by atoms with van der Waals surface area (Å²) in [4.78, 5) is 15.5. The molecule has 4 heteroatoms. The highest BCUT2D eigenvalue weighted by molar-refractivity contribution is 6.33. The molecule has 3 nitrogen and oxygen atoms in total. The molecule has 0 N–H and O–H groups in total. The minimum Gasteiger partial charge on any atom is -0.375 e. The van der Waals surface area contributed by atoms with Crippen molar-refractivity contribution in [3.63, 3.8) is 0 Å². The van der Waals surface area contributed by atoms with E-state index in [2.05, 4.69) is 32.9 Å². The summed E-state index contributed by atoms with van der Waals surface area (Å²) in [7, 11) is 0. The summed E-state index contributed by atoms with van der Waals surface area (Å²) < 4.78 is 5.88. The van der Waals surface area contributed by atoms with E-state index < -0.39 is 0 Å². The zero-order valence-corrected chi connectivity index (χ0v) is 16.4. The lowest BCUT2D eigenvalue weighted by Crippen LogP contribution is -2.49. The van der Waals surface area contributed by atoms with Crippen molar-refractivity contribution in [1.82, 2.24) is 4.90 Å². The first-order chi connectivity index (χ1) is 12.4. The third-order valence-corrected chi connectivity index (χ3v) is 5.43. The highest BCUT2D eigenvalue weighted by Crippen LogP contribution is 2.34. The quantitative estimate of drug-likeness (QED) is 0.710. The third-order valence-electron chi connectivity index (χ3n) is 5.10. The molecule has 0 aromatic heterocycles. The Morgan fingerprint density at radius 3 is 2.46 bits per heavy atom. The molecule has 2 aromatic carbocycles. The largest absolute Gasteiger partial charge is 0.375 e. The number of benzene rings is 2. The van der Waals surface area contributed by atoms with Gasteiger partial charge in [-0.15, -0.1) is 0 Å². The number of nitrogens with zero attached hydrogens (tertiary/aromatic N) is 1. The van der Waals surface area contributed by atoms with Gasteiger partial charge < -0.3 is 9.64 Å². The molecule has 0 bridgehead atoms. The molecule has 1 amide bonds. The van der Waals surface area contributed by atoms with Crippen LogP contribution in [0.2, 0.25) is 5.02 Å². The molecule has 0 saturated carbocycles. The number of amides is 1. The maximum atomic E-state index is 13.5. The van der Waals surface area contributed by atoms with Gasteiger partial charge in [-0.05, 0) is 51.3 Å². The fraction of sp³-hybridized carbons (Fsp3) is 0.409. The first-order valence-electron chi connectivity index (χ1n) is 9.15. The molecule has 138 valence electrons. The van der Waals surface area contributed by atoms with E-state index in [1.807, 2.05) is 35.2 Å². The number of hydrogen-bond acceptors (Lipinski definition) is 2.